The van der Waals surface area contributed by atoms with Crippen molar-refractivity contribution in [2.24, 2.45) is 0 Å². The highest BCUT2D eigenvalue weighted by Crippen LogP contribution is 1.87. The first-order valence-electron chi connectivity index (χ1n) is 2.34. The summed E-state index contributed by atoms with van der Waals surface area (Å²) in [6, 6.07) is 0. The average molecular weight is 179 g/mol. The Balaban J connectivity index is 4.09. The molecule has 0 heterocycles. The zero-order valence-electron chi connectivity index (χ0n) is 4.88. The van der Waals surface area contributed by atoms with Gasteiger partial charge in [-0.2, -0.15) is 0 Å². The average Bonchev–Trinajstić information content (AvgIpc) is 1.89. The minimum absolute atomic E-state index is 0.688. The monoisotopic (exact) mass is 178 g/mol. The van der Waals surface area contributed by atoms with E-state index in [0.29, 0.717) is 0 Å². The Morgan fingerprint density at radius 1 is 0.900 bits per heavy atom. The van der Waals surface area contributed by atoms with Gasteiger partial charge >= 0.3 is 0 Å². The summed E-state index contributed by atoms with van der Waals surface area (Å²) in [6.07, 6.45) is 1.92. The van der Waals surface area contributed by atoms with Crippen molar-refractivity contribution in [1.29, 1.82) is 0 Å². The van der Waals surface area contributed by atoms with E-state index in [1.54, 1.807) is 0 Å². The Hall–Kier alpha value is -0.600. The summed E-state index contributed by atoms with van der Waals surface area (Å²) in [7, 11) is 0. The van der Waals surface area contributed by atoms with Gasteiger partial charge in [0.2, 0.25) is 11.6 Å². The molecule has 0 fully saturated rings. The van der Waals surface area contributed by atoms with Crippen LogP contribution in [0.4, 0.5) is 0 Å². The van der Waals surface area contributed by atoms with Gasteiger partial charge in [-0.05, 0) is 0 Å². The van der Waals surface area contributed by atoms with Crippen LogP contribution in [0.5, 0.6) is 0 Å². The maximum Gasteiger partial charge on any atom is 0.226 e. The van der Waals surface area contributed by atoms with Gasteiger partial charge in [0.25, 0.3) is 0 Å². The molecule has 0 saturated carbocycles. The Morgan fingerprint density at radius 3 is 1.40 bits per heavy atom. The van der Waals surface area contributed by atoms with Crippen molar-refractivity contribution in [3.05, 3.63) is 23.2 Å². The number of carbonyl (C=O) groups is 2. The molecule has 0 aromatic heterocycles. The third-order valence-electron chi connectivity index (χ3n) is 0.672. The van der Waals surface area contributed by atoms with Crippen LogP contribution < -0.4 is 0 Å². The first kappa shape index (κ1) is 9.40. The van der Waals surface area contributed by atoms with Crippen LogP contribution in [0.1, 0.15) is 0 Å². The summed E-state index contributed by atoms with van der Waals surface area (Å²) in [5.41, 5.74) is 1.95. The fourth-order valence-electron chi connectivity index (χ4n) is 0.279. The molecule has 0 N–H and O–H groups in total. The number of hydrogen-bond donors (Lipinski definition) is 0. The predicted octanol–water partition coefficient (Wildman–Crippen LogP) is 1.63. The molecule has 0 aromatic rings. The molecule has 4 heteroatoms. The molecule has 0 atom stereocenters. The summed E-state index contributed by atoms with van der Waals surface area (Å²) in [5, 5.41) is 0. The zero-order valence-corrected chi connectivity index (χ0v) is 6.39. The van der Waals surface area contributed by atoms with E-state index in [2.05, 4.69) is 0 Å². The molecule has 10 heavy (non-hydrogen) atoms. The Bertz CT molecular complexity index is 172. The number of hydrogen-bond acceptors (Lipinski definition) is 2. The summed E-state index contributed by atoms with van der Waals surface area (Å²) in [4.78, 5) is 21.0. The van der Waals surface area contributed by atoms with Gasteiger partial charge in [-0.25, -0.2) is 0 Å². The molecule has 0 amide bonds. The molecule has 0 bridgehead atoms. The lowest BCUT2D eigenvalue weighted by Crippen LogP contribution is -2.06. The highest BCUT2D eigenvalue weighted by molar-refractivity contribution is 6.47. The largest absolute Gasteiger partial charge is 0.286 e. The lowest BCUT2D eigenvalue weighted by Gasteiger charge is -1.81. The molecular formula is C6H4Cl2O2. The van der Waals surface area contributed by atoms with Crippen LogP contribution in [0.25, 0.3) is 0 Å². The molecular weight excluding hydrogens is 175 g/mol. The molecule has 0 rings (SSSR count). The van der Waals surface area contributed by atoms with Gasteiger partial charge in [0.15, 0.2) is 0 Å². The highest BCUT2D eigenvalue weighted by Gasteiger charge is 2.03. The number of allylic oxidation sites excluding steroid dienone is 2. The van der Waals surface area contributed by atoms with Crippen molar-refractivity contribution < 1.29 is 9.59 Å². The van der Waals surface area contributed by atoms with Crippen LogP contribution in [0.2, 0.25) is 0 Å². The lowest BCUT2D eigenvalue weighted by atomic mass is 10.2. The summed E-state index contributed by atoms with van der Waals surface area (Å²) < 4.78 is 0. The van der Waals surface area contributed by atoms with E-state index in [1.807, 2.05) is 0 Å². The molecule has 2 nitrogen and oxygen atoms in total. The minimum atomic E-state index is -0.688. The van der Waals surface area contributed by atoms with Gasteiger partial charge in [0.05, 0.1) is 0 Å². The van der Waals surface area contributed by atoms with E-state index in [9.17, 15) is 9.59 Å². The van der Waals surface area contributed by atoms with Crippen molar-refractivity contribution in [3.63, 3.8) is 0 Å². The molecule has 0 aliphatic rings. The Morgan fingerprint density at radius 2 is 1.20 bits per heavy atom. The van der Waals surface area contributed by atoms with Crippen molar-refractivity contribution >= 4 is 34.8 Å². The third kappa shape index (κ3) is 3.43. The topological polar surface area (TPSA) is 34.1 Å². The molecule has 54 valence electrons. The Labute approximate surface area is 68.1 Å². The van der Waals surface area contributed by atoms with E-state index in [4.69, 9.17) is 23.2 Å². The van der Waals surface area contributed by atoms with Crippen LogP contribution >= 0.6 is 23.2 Å². The van der Waals surface area contributed by atoms with E-state index in [0.717, 1.165) is 23.2 Å². The molecule has 0 aliphatic heterocycles. The van der Waals surface area contributed by atoms with Gasteiger partial charge in [0, 0.05) is 23.2 Å². The second-order valence-corrected chi connectivity index (χ2v) is 1.82. The fourth-order valence-corrected chi connectivity index (χ4v) is 0.508. The van der Waals surface area contributed by atoms with E-state index >= 15 is 0 Å². The van der Waals surface area contributed by atoms with Crippen LogP contribution in [0.15, 0.2) is 23.2 Å². The smallest absolute Gasteiger partial charge is 0.226 e. The second-order valence-electron chi connectivity index (χ2n) is 1.31. The molecule has 0 aromatic carbocycles. The van der Waals surface area contributed by atoms with Gasteiger partial charge in [-0.15, -0.1) is 0 Å². The lowest BCUT2D eigenvalue weighted by molar-refractivity contribution is -0.130. The summed E-state index contributed by atoms with van der Waals surface area (Å²) in [6.45, 7) is 0. The summed E-state index contributed by atoms with van der Waals surface area (Å²) in [5.74, 6) is -1.38. The zero-order chi connectivity index (χ0) is 7.98. The van der Waals surface area contributed by atoms with Crippen molar-refractivity contribution in [2.75, 3.05) is 0 Å². The van der Waals surface area contributed by atoms with Crippen LogP contribution in [0.3, 0.4) is 0 Å². The normalized spacial score (nSPS) is 11.0. The first-order valence-corrected chi connectivity index (χ1v) is 3.21. The second kappa shape index (κ2) is 5.21. The first-order chi connectivity index (χ1) is 4.72. The van der Waals surface area contributed by atoms with Crippen LogP contribution in [0, 0.1) is 0 Å². The van der Waals surface area contributed by atoms with Crippen molar-refractivity contribution in [1.82, 2.24) is 0 Å². The minimum Gasteiger partial charge on any atom is -0.286 e. The molecule has 0 saturated heterocycles. The maximum atomic E-state index is 10.5. The number of rotatable bonds is 3. The van der Waals surface area contributed by atoms with Gasteiger partial charge in [-0.1, -0.05) is 23.2 Å². The van der Waals surface area contributed by atoms with Crippen molar-refractivity contribution in [3.8, 4) is 0 Å². The predicted molar refractivity (Wildman–Crippen MR) is 40.0 cm³/mol. The molecule has 0 unspecified atom stereocenters. The van der Waals surface area contributed by atoms with Gasteiger partial charge in [-0.3, -0.25) is 9.59 Å². The molecule has 0 aliphatic carbocycles. The van der Waals surface area contributed by atoms with Gasteiger partial charge in [0.1, 0.15) is 0 Å². The standard InChI is InChI=1S/C6H4Cl2O2/c7-3-1-5(9)6(10)2-4-8/h1-4H. The fraction of sp³-hybridized carbons (Fsp3) is 0. The number of ketones is 2. The van der Waals surface area contributed by atoms with Crippen molar-refractivity contribution in [2.45, 2.75) is 0 Å². The number of carbonyl (C=O) groups excluding carboxylic acids is 2. The molecule has 0 radical (unpaired) electrons. The maximum absolute atomic E-state index is 10.5. The van der Waals surface area contributed by atoms with Gasteiger partial charge < -0.3 is 0 Å². The van der Waals surface area contributed by atoms with E-state index in [1.165, 1.54) is 0 Å². The highest BCUT2D eigenvalue weighted by atomic mass is 35.5. The summed E-state index contributed by atoms with van der Waals surface area (Å²) >= 11 is 10.1. The quantitative estimate of drug-likeness (QED) is 0.487. The Kier molecular flexibility index (Phi) is 4.89. The molecule has 0 spiro atoms. The third-order valence-corrected chi connectivity index (χ3v) is 0.924. The van der Waals surface area contributed by atoms with E-state index in [-0.39, 0.29) is 0 Å². The van der Waals surface area contributed by atoms with E-state index < -0.39 is 11.6 Å². The number of halogens is 2. The SMILES string of the molecule is O=C(C=CCl)C(=O)C=CCl. The van der Waals surface area contributed by atoms with Crippen LogP contribution in [-0.2, 0) is 9.59 Å². The van der Waals surface area contributed by atoms with Crippen LogP contribution in [-0.4, -0.2) is 11.6 Å².